The summed E-state index contributed by atoms with van der Waals surface area (Å²) in [5.74, 6) is -0.531. The molecule has 0 fully saturated rings. The Labute approximate surface area is 161 Å². The van der Waals surface area contributed by atoms with Crippen LogP contribution in [-0.4, -0.2) is 24.2 Å². The van der Waals surface area contributed by atoms with Crippen molar-refractivity contribution < 1.29 is 18.7 Å². The van der Waals surface area contributed by atoms with Crippen molar-refractivity contribution in [2.45, 2.75) is 19.6 Å². The van der Waals surface area contributed by atoms with Gasteiger partial charge in [0, 0.05) is 16.5 Å². The number of nitrogens with one attached hydrogen (secondary N) is 1. The number of benzene rings is 2. The summed E-state index contributed by atoms with van der Waals surface area (Å²) in [6.07, 6.45) is 0. The van der Waals surface area contributed by atoms with Crippen molar-refractivity contribution in [2.24, 2.45) is 0 Å². The lowest BCUT2D eigenvalue weighted by Crippen LogP contribution is -2.16. The third-order valence-electron chi connectivity index (χ3n) is 3.53. The van der Waals surface area contributed by atoms with Crippen LogP contribution < -0.4 is 5.32 Å². The summed E-state index contributed by atoms with van der Waals surface area (Å²) in [5.41, 5.74) is 2.26. The van der Waals surface area contributed by atoms with Crippen LogP contribution in [0.15, 0.2) is 36.4 Å². The van der Waals surface area contributed by atoms with Gasteiger partial charge in [0.25, 0.3) is 0 Å². The molecule has 0 spiro atoms. The number of esters is 1. The lowest BCUT2D eigenvalue weighted by Gasteiger charge is -2.10. The van der Waals surface area contributed by atoms with E-state index in [0.717, 1.165) is 5.56 Å². The second-order valence-electron chi connectivity index (χ2n) is 5.53. The van der Waals surface area contributed by atoms with Crippen molar-refractivity contribution in [3.8, 4) is 0 Å². The molecule has 0 unspecified atom stereocenters. The average molecular weight is 396 g/mol. The molecule has 0 bridgehead atoms. The lowest BCUT2D eigenvalue weighted by atomic mass is 10.1. The average Bonchev–Trinajstić information content (AvgIpc) is 2.59. The molecule has 0 aliphatic carbocycles. The zero-order valence-electron chi connectivity index (χ0n) is 14.5. The van der Waals surface area contributed by atoms with Crippen LogP contribution in [0.25, 0.3) is 0 Å². The van der Waals surface area contributed by atoms with Crippen LogP contribution in [0.5, 0.6) is 0 Å². The third kappa shape index (κ3) is 5.75. The van der Waals surface area contributed by atoms with Crippen molar-refractivity contribution in [3.63, 3.8) is 0 Å². The van der Waals surface area contributed by atoms with E-state index in [2.05, 4.69) is 5.32 Å². The van der Waals surface area contributed by atoms with Crippen molar-refractivity contribution in [3.05, 3.63) is 63.9 Å². The highest BCUT2D eigenvalue weighted by Crippen LogP contribution is 2.21. The maximum atomic E-state index is 13.7. The Kier molecular flexibility index (Phi) is 7.48. The Balaban J connectivity index is 1.93. The number of hydrogen-bond donors (Lipinski definition) is 1. The highest BCUT2D eigenvalue weighted by Gasteiger charge is 2.11. The largest absolute Gasteiger partial charge is 0.462 e. The third-order valence-corrected chi connectivity index (χ3v) is 4.75. The fraction of sp³-hybridized carbons (Fsp3) is 0.263. The molecule has 7 heteroatoms. The van der Waals surface area contributed by atoms with Crippen LogP contribution in [0.3, 0.4) is 0 Å². The van der Waals surface area contributed by atoms with E-state index in [1.165, 1.54) is 17.8 Å². The Morgan fingerprint density at radius 3 is 2.69 bits per heavy atom. The van der Waals surface area contributed by atoms with Gasteiger partial charge < -0.3 is 10.1 Å². The minimum atomic E-state index is -0.435. The zero-order valence-corrected chi connectivity index (χ0v) is 16.0. The normalized spacial score (nSPS) is 10.5. The van der Waals surface area contributed by atoms with Crippen molar-refractivity contribution >= 4 is 40.9 Å². The molecule has 1 N–H and O–H groups in total. The standard InChI is InChI=1S/C19H19ClFNO3S/c1-3-25-19(24)13-5-4-12(2)17(8-13)22-18(23)11-26-10-14-6-7-15(20)9-16(14)21/h4-9H,3,10-11H2,1-2H3,(H,22,23). The maximum absolute atomic E-state index is 13.7. The Bertz CT molecular complexity index is 813. The molecule has 2 aromatic carbocycles. The highest BCUT2D eigenvalue weighted by molar-refractivity contribution is 7.99. The predicted octanol–water partition coefficient (Wildman–Crippen LogP) is 4.84. The number of aryl methyl sites for hydroxylation is 1. The van der Waals surface area contributed by atoms with Gasteiger partial charge in [-0.15, -0.1) is 11.8 Å². The SMILES string of the molecule is CCOC(=O)c1ccc(C)c(NC(=O)CSCc2ccc(Cl)cc2F)c1. The molecule has 0 saturated carbocycles. The van der Waals surface area contributed by atoms with Gasteiger partial charge in [-0.1, -0.05) is 23.7 Å². The van der Waals surface area contributed by atoms with Gasteiger partial charge >= 0.3 is 5.97 Å². The number of amides is 1. The summed E-state index contributed by atoms with van der Waals surface area (Å²) in [6, 6.07) is 9.47. The van der Waals surface area contributed by atoms with E-state index in [4.69, 9.17) is 16.3 Å². The van der Waals surface area contributed by atoms with E-state index in [9.17, 15) is 14.0 Å². The molecule has 4 nitrogen and oxygen atoms in total. The van der Waals surface area contributed by atoms with E-state index >= 15 is 0 Å². The first kappa shape index (κ1) is 20.3. The van der Waals surface area contributed by atoms with Gasteiger partial charge in [0.1, 0.15) is 5.82 Å². The van der Waals surface area contributed by atoms with Crippen LogP contribution in [0.2, 0.25) is 5.02 Å². The Morgan fingerprint density at radius 2 is 2.00 bits per heavy atom. The van der Waals surface area contributed by atoms with E-state index in [-0.39, 0.29) is 24.1 Å². The number of rotatable bonds is 7. The van der Waals surface area contributed by atoms with Gasteiger partial charge in [0.15, 0.2) is 0 Å². The first-order chi connectivity index (χ1) is 12.4. The van der Waals surface area contributed by atoms with Gasteiger partial charge in [-0.05, 0) is 49.2 Å². The molecule has 0 aliphatic rings. The molecule has 1 amide bonds. The number of anilines is 1. The highest BCUT2D eigenvalue weighted by atomic mass is 35.5. The summed E-state index contributed by atoms with van der Waals surface area (Å²) in [6.45, 7) is 3.85. The smallest absolute Gasteiger partial charge is 0.338 e. The molecular formula is C19H19ClFNO3S. The molecule has 0 aromatic heterocycles. The molecule has 2 rings (SSSR count). The summed E-state index contributed by atoms with van der Waals surface area (Å²) >= 11 is 7.01. The zero-order chi connectivity index (χ0) is 19.1. The molecule has 2 aromatic rings. The van der Waals surface area contributed by atoms with Crippen LogP contribution in [0.1, 0.15) is 28.4 Å². The first-order valence-electron chi connectivity index (χ1n) is 8.00. The van der Waals surface area contributed by atoms with Crippen LogP contribution in [0, 0.1) is 12.7 Å². The summed E-state index contributed by atoms with van der Waals surface area (Å²) in [5, 5.41) is 3.11. The summed E-state index contributed by atoms with van der Waals surface area (Å²) < 4.78 is 18.7. The number of halogens is 2. The first-order valence-corrected chi connectivity index (χ1v) is 9.53. The van der Waals surface area contributed by atoms with E-state index < -0.39 is 5.97 Å². The number of thioether (sulfide) groups is 1. The molecule has 0 atom stereocenters. The fourth-order valence-electron chi connectivity index (χ4n) is 2.18. The Hall–Kier alpha value is -2.05. The van der Waals surface area contributed by atoms with Gasteiger partial charge in [-0.3, -0.25) is 4.79 Å². The van der Waals surface area contributed by atoms with E-state index in [1.54, 1.807) is 37.3 Å². The van der Waals surface area contributed by atoms with Gasteiger partial charge in [0.05, 0.1) is 17.9 Å². The summed E-state index contributed by atoms with van der Waals surface area (Å²) in [7, 11) is 0. The fourth-order valence-corrected chi connectivity index (χ4v) is 3.15. The number of ether oxygens (including phenoxy) is 1. The van der Waals surface area contributed by atoms with Crippen molar-refractivity contribution in [1.29, 1.82) is 0 Å². The molecular weight excluding hydrogens is 377 g/mol. The topological polar surface area (TPSA) is 55.4 Å². The second-order valence-corrected chi connectivity index (χ2v) is 6.95. The predicted molar refractivity (Wildman–Crippen MR) is 103 cm³/mol. The molecule has 0 aliphatic heterocycles. The second kappa shape index (κ2) is 9.59. The molecule has 0 radical (unpaired) electrons. The van der Waals surface area contributed by atoms with Gasteiger partial charge in [0.2, 0.25) is 5.91 Å². The van der Waals surface area contributed by atoms with Crippen molar-refractivity contribution in [1.82, 2.24) is 0 Å². The van der Waals surface area contributed by atoms with Gasteiger partial charge in [-0.25, -0.2) is 9.18 Å². The number of carbonyl (C=O) groups excluding carboxylic acids is 2. The van der Waals surface area contributed by atoms with Crippen LogP contribution in [0.4, 0.5) is 10.1 Å². The quantitative estimate of drug-likeness (QED) is 0.682. The number of carbonyl (C=O) groups is 2. The van der Waals surface area contributed by atoms with Crippen LogP contribution in [-0.2, 0) is 15.3 Å². The number of hydrogen-bond acceptors (Lipinski definition) is 4. The van der Waals surface area contributed by atoms with E-state index in [1.807, 2.05) is 6.92 Å². The Morgan fingerprint density at radius 1 is 1.23 bits per heavy atom. The monoisotopic (exact) mass is 395 g/mol. The minimum absolute atomic E-state index is 0.158. The molecule has 0 saturated heterocycles. The lowest BCUT2D eigenvalue weighted by molar-refractivity contribution is -0.113. The molecule has 138 valence electrons. The molecule has 0 heterocycles. The van der Waals surface area contributed by atoms with Crippen molar-refractivity contribution in [2.75, 3.05) is 17.7 Å². The van der Waals surface area contributed by atoms with Gasteiger partial charge in [-0.2, -0.15) is 0 Å². The van der Waals surface area contributed by atoms with E-state index in [0.29, 0.717) is 27.6 Å². The van der Waals surface area contributed by atoms with Crippen LogP contribution >= 0.6 is 23.4 Å². The summed E-state index contributed by atoms with van der Waals surface area (Å²) in [4.78, 5) is 23.9. The minimum Gasteiger partial charge on any atom is -0.462 e. The maximum Gasteiger partial charge on any atom is 0.338 e. The molecule has 26 heavy (non-hydrogen) atoms.